The fraction of sp³-hybridized carbons (Fsp3) is 0.565. The van der Waals surface area contributed by atoms with Crippen LogP contribution in [0.15, 0.2) is 84.0 Å². The van der Waals surface area contributed by atoms with Crippen LogP contribution in [0.4, 0.5) is 4.79 Å². The van der Waals surface area contributed by atoms with Gasteiger partial charge in [-0.15, -0.1) is 0 Å². The van der Waals surface area contributed by atoms with E-state index in [0.29, 0.717) is 26.2 Å². The second-order valence-electron chi connectivity index (χ2n) is 17.1. The summed E-state index contributed by atoms with van der Waals surface area (Å²) < 4.78 is 31.3. The van der Waals surface area contributed by atoms with Crippen molar-refractivity contribution in [3.63, 3.8) is 0 Å². The summed E-state index contributed by atoms with van der Waals surface area (Å²) in [5.74, 6) is -1.52. The first kappa shape index (κ1) is 45.1. The number of hydrogen-bond donors (Lipinski definition) is 0. The van der Waals surface area contributed by atoms with Crippen LogP contribution in [0.5, 0.6) is 0 Å². The van der Waals surface area contributed by atoms with Crippen molar-refractivity contribution >= 4 is 20.2 Å². The summed E-state index contributed by atoms with van der Waals surface area (Å²) in [7, 11) is -2.37. The maximum absolute atomic E-state index is 14.2. The lowest BCUT2D eigenvalue weighted by Gasteiger charge is -2.42. The fourth-order valence-electron chi connectivity index (χ4n) is 9.16. The normalized spacial score (nSPS) is 17.9. The van der Waals surface area contributed by atoms with Crippen LogP contribution in [-0.4, -0.2) is 82.0 Å². The van der Waals surface area contributed by atoms with Gasteiger partial charge < -0.3 is 28.3 Å². The molecule has 3 aromatic carbocycles. The summed E-state index contributed by atoms with van der Waals surface area (Å²) >= 11 is 0. The Bertz CT molecular complexity index is 1780. The third-order valence-corrected chi connectivity index (χ3v) is 17.8. The summed E-state index contributed by atoms with van der Waals surface area (Å²) in [5.41, 5.74) is 16.4. The smallest absolute Gasteiger partial charge is 0.409 e. The number of unbranched alkanes of at least 4 members (excludes halogenated alkanes) is 3. The van der Waals surface area contributed by atoms with Crippen LogP contribution in [0.25, 0.3) is 21.6 Å². The van der Waals surface area contributed by atoms with E-state index < -0.39 is 38.4 Å². The first-order valence-corrected chi connectivity index (χ1v) is 23.2. The SMILES string of the molecule is CC(C)[Si](OCC(=O)[C@@H]1OC(C)(C)O[C@@H]1[C@H](CN(CCCCCCOCc1ccccc1)C(=O)OCC1c2ccccc2-c2ccccc21)N=[N+]=[N-])(C(C)C)C(C)C. The van der Waals surface area contributed by atoms with E-state index in [2.05, 4.69) is 88.0 Å². The summed E-state index contributed by atoms with van der Waals surface area (Å²) in [6, 6.07) is 25.6. The van der Waals surface area contributed by atoms with Gasteiger partial charge >= 0.3 is 6.09 Å². The van der Waals surface area contributed by atoms with Gasteiger partial charge in [0.1, 0.15) is 18.8 Å². The Hall–Kier alpha value is -4.03. The zero-order valence-corrected chi connectivity index (χ0v) is 36.8. The molecule has 0 radical (unpaired) electrons. The van der Waals surface area contributed by atoms with Gasteiger partial charge in [-0.1, -0.05) is 138 Å². The van der Waals surface area contributed by atoms with Crippen molar-refractivity contribution in [2.75, 3.05) is 32.9 Å². The van der Waals surface area contributed by atoms with E-state index >= 15 is 0 Å². The van der Waals surface area contributed by atoms with Crippen molar-refractivity contribution in [2.24, 2.45) is 5.11 Å². The molecule has 0 bridgehead atoms. The maximum Gasteiger partial charge on any atom is 0.409 e. The minimum atomic E-state index is -2.37. The van der Waals surface area contributed by atoms with Crippen LogP contribution >= 0.6 is 0 Å². The number of hydrogen-bond acceptors (Lipinski definition) is 8. The Morgan fingerprint density at radius 2 is 1.41 bits per heavy atom. The van der Waals surface area contributed by atoms with E-state index in [1.165, 1.54) is 0 Å². The third kappa shape index (κ3) is 11.0. The molecule has 0 N–H and O–H groups in total. The summed E-state index contributed by atoms with van der Waals surface area (Å²) in [4.78, 5) is 33.0. The molecule has 3 aromatic rings. The third-order valence-electron chi connectivity index (χ3n) is 11.8. The molecule has 1 saturated heterocycles. The molecule has 1 heterocycles. The summed E-state index contributed by atoms with van der Waals surface area (Å²) in [6.45, 7) is 18.1. The van der Waals surface area contributed by atoms with Gasteiger partial charge in [0.25, 0.3) is 0 Å². The lowest BCUT2D eigenvalue weighted by Crippen LogP contribution is -2.51. The number of nitrogens with zero attached hydrogens (tertiary/aromatic N) is 4. The van der Waals surface area contributed by atoms with Gasteiger partial charge in [0.2, 0.25) is 8.32 Å². The van der Waals surface area contributed by atoms with Gasteiger partial charge in [0.05, 0.1) is 19.3 Å². The Kier molecular flexibility index (Phi) is 16.1. The number of amides is 1. The van der Waals surface area contributed by atoms with Gasteiger partial charge in [0.15, 0.2) is 11.6 Å². The second-order valence-corrected chi connectivity index (χ2v) is 22.5. The largest absolute Gasteiger partial charge is 0.448 e. The van der Waals surface area contributed by atoms with E-state index in [1.807, 2.05) is 42.5 Å². The molecule has 1 amide bonds. The summed E-state index contributed by atoms with van der Waals surface area (Å²) in [5, 5.41) is 4.15. The molecule has 0 spiro atoms. The highest BCUT2D eigenvalue weighted by atomic mass is 28.4. The predicted octanol–water partition coefficient (Wildman–Crippen LogP) is 11.0. The van der Waals surface area contributed by atoms with Gasteiger partial charge in [-0.2, -0.15) is 0 Å². The Morgan fingerprint density at radius 3 is 2.02 bits per heavy atom. The molecule has 0 aromatic heterocycles. The topological polar surface area (TPSA) is 132 Å². The average Bonchev–Trinajstić information content (AvgIpc) is 3.70. The fourth-order valence-corrected chi connectivity index (χ4v) is 14.6. The molecule has 2 aliphatic rings. The highest BCUT2D eigenvalue weighted by Gasteiger charge is 2.51. The number of carbonyl (C=O) groups is 2. The highest BCUT2D eigenvalue weighted by molar-refractivity contribution is 6.77. The van der Waals surface area contributed by atoms with E-state index in [9.17, 15) is 15.1 Å². The van der Waals surface area contributed by atoms with Crippen LogP contribution in [0.2, 0.25) is 16.6 Å². The monoisotopic (exact) mass is 812 g/mol. The lowest BCUT2D eigenvalue weighted by atomic mass is 9.98. The van der Waals surface area contributed by atoms with E-state index in [0.717, 1.165) is 47.1 Å². The highest BCUT2D eigenvalue weighted by Crippen LogP contribution is 2.45. The Balaban J connectivity index is 1.29. The Morgan fingerprint density at radius 1 is 0.828 bits per heavy atom. The predicted molar refractivity (Wildman–Crippen MR) is 230 cm³/mol. The molecule has 0 saturated carbocycles. The van der Waals surface area contributed by atoms with E-state index in [1.54, 1.807) is 18.7 Å². The van der Waals surface area contributed by atoms with Crippen LogP contribution < -0.4 is 0 Å². The van der Waals surface area contributed by atoms with Crippen LogP contribution in [0, 0.1) is 0 Å². The molecule has 1 fully saturated rings. The van der Waals surface area contributed by atoms with E-state index in [-0.39, 0.29) is 48.1 Å². The first-order valence-electron chi connectivity index (χ1n) is 21.1. The molecule has 11 nitrogen and oxygen atoms in total. The molecule has 12 heteroatoms. The van der Waals surface area contributed by atoms with Crippen molar-refractivity contribution in [3.05, 3.63) is 106 Å². The summed E-state index contributed by atoms with van der Waals surface area (Å²) in [6.07, 6.45) is 0.854. The van der Waals surface area contributed by atoms with Crippen LogP contribution in [0.1, 0.15) is 104 Å². The Labute approximate surface area is 346 Å². The molecule has 0 unspecified atom stereocenters. The van der Waals surface area contributed by atoms with Crippen molar-refractivity contribution in [2.45, 2.75) is 134 Å². The molecule has 1 aliphatic heterocycles. The number of benzene rings is 3. The average molecular weight is 813 g/mol. The lowest BCUT2D eigenvalue weighted by molar-refractivity contribution is -0.156. The standard InChI is InChI=1S/C46H64N4O7Si/c1-32(2)58(33(3)4,34(5)6)55-31-42(51)44-43(56-46(7,8)57-44)41(48-49-47)28-50(26-18-9-10-19-27-53-29-35-20-12-11-13-21-35)45(52)54-30-40-38-24-16-14-22-36(38)37-23-15-17-25-39(37)40/h11-17,20-25,32-34,40-41,43-44H,9-10,18-19,26-31H2,1-8H3/t41-,43+,44-/m0/s1. The van der Waals surface area contributed by atoms with Crippen molar-refractivity contribution in [1.82, 2.24) is 4.90 Å². The zero-order valence-electron chi connectivity index (χ0n) is 35.8. The number of azide groups is 1. The van der Waals surface area contributed by atoms with Crippen molar-refractivity contribution < 1.29 is 33.0 Å². The molecule has 1 aliphatic carbocycles. The number of ether oxygens (including phenoxy) is 4. The van der Waals surface area contributed by atoms with Gasteiger partial charge in [-0.25, -0.2) is 4.79 Å². The van der Waals surface area contributed by atoms with Crippen molar-refractivity contribution in [3.8, 4) is 11.1 Å². The van der Waals surface area contributed by atoms with Gasteiger partial charge in [0, 0.05) is 30.5 Å². The van der Waals surface area contributed by atoms with Gasteiger partial charge in [-0.3, -0.25) is 4.79 Å². The van der Waals surface area contributed by atoms with Crippen LogP contribution in [-0.2, 0) is 34.8 Å². The second kappa shape index (κ2) is 20.8. The minimum absolute atomic E-state index is 0.0155. The maximum atomic E-state index is 14.2. The number of rotatable bonds is 22. The first-order chi connectivity index (χ1) is 27.8. The zero-order chi connectivity index (χ0) is 41.9. The van der Waals surface area contributed by atoms with Crippen molar-refractivity contribution in [1.29, 1.82) is 0 Å². The van der Waals surface area contributed by atoms with Crippen LogP contribution in [0.3, 0.4) is 0 Å². The minimum Gasteiger partial charge on any atom is -0.448 e. The number of Topliss-reactive ketones (excluding diaryl/α,β-unsaturated/α-hetero) is 1. The number of carbonyl (C=O) groups excluding carboxylic acids is 2. The van der Waals surface area contributed by atoms with Gasteiger partial charge in [-0.05, 0) is 76.7 Å². The molecular formula is C46H64N4O7Si. The number of fused-ring (bicyclic) bond motifs is 3. The quantitative estimate of drug-likeness (QED) is 0.0324. The molecular weight excluding hydrogens is 749 g/mol. The molecule has 58 heavy (non-hydrogen) atoms. The number of ketones is 1. The molecule has 3 atom stereocenters. The molecule has 5 rings (SSSR count). The van der Waals surface area contributed by atoms with E-state index in [4.69, 9.17) is 23.4 Å². The molecule has 314 valence electrons.